The lowest BCUT2D eigenvalue weighted by Gasteiger charge is -2.04. The quantitative estimate of drug-likeness (QED) is 0.190. The van der Waals surface area contributed by atoms with E-state index < -0.39 is 0 Å². The van der Waals surface area contributed by atoms with Crippen LogP contribution < -0.4 is 0 Å². The van der Waals surface area contributed by atoms with Crippen LogP contribution in [0.25, 0.3) is 0 Å². The van der Waals surface area contributed by atoms with Crippen molar-refractivity contribution in [3.05, 3.63) is 0 Å². The van der Waals surface area contributed by atoms with Gasteiger partial charge in [-0.15, -0.1) is 0 Å². The third kappa shape index (κ3) is 37.7. The zero-order valence-corrected chi connectivity index (χ0v) is 16.6. The Morgan fingerprint density at radius 3 is 1.07 bits per heavy atom. The van der Waals surface area contributed by atoms with Crippen molar-refractivity contribution in [1.82, 2.24) is 0 Å². The average Bonchev–Trinajstić information content (AvgIpc) is 2.71. The maximum absolute atomic E-state index is 9.93. The monoisotopic (exact) mass is 422 g/mol. The molecule has 0 aliphatic carbocycles. The van der Waals surface area contributed by atoms with Crippen molar-refractivity contribution in [1.29, 1.82) is 0 Å². The van der Waals surface area contributed by atoms with Crippen LogP contribution in [-0.4, -0.2) is 84.8 Å². The van der Waals surface area contributed by atoms with Crippen molar-refractivity contribution in [3.8, 4) is 0 Å². The molecule has 0 saturated heterocycles. The molecule has 0 aliphatic heterocycles. The SMILES string of the molecule is C.O=CCCCOCCOCCCC=O.O=CCCCOCCOCCOC=O. The minimum atomic E-state index is 0. The Hall–Kier alpha value is -1.68. The van der Waals surface area contributed by atoms with Gasteiger partial charge in [-0.1, -0.05) is 7.43 Å². The Morgan fingerprint density at radius 2 is 0.759 bits per heavy atom. The van der Waals surface area contributed by atoms with Crippen molar-refractivity contribution in [3.63, 3.8) is 0 Å². The summed E-state index contributed by atoms with van der Waals surface area (Å²) < 4.78 is 25.0. The summed E-state index contributed by atoms with van der Waals surface area (Å²) in [5.74, 6) is 0. The first-order chi connectivity index (χ1) is 13.8. The number of carbonyl (C=O) groups excluding carboxylic acids is 4. The van der Waals surface area contributed by atoms with Gasteiger partial charge >= 0.3 is 0 Å². The molecular formula is C20H38O9. The lowest BCUT2D eigenvalue weighted by Crippen LogP contribution is -2.09. The van der Waals surface area contributed by atoms with E-state index in [1.54, 1.807) is 0 Å². The summed E-state index contributed by atoms with van der Waals surface area (Å²) in [7, 11) is 0. The van der Waals surface area contributed by atoms with Gasteiger partial charge in [-0.3, -0.25) is 4.79 Å². The number of ether oxygens (including phenoxy) is 5. The summed E-state index contributed by atoms with van der Waals surface area (Å²) in [4.78, 5) is 39.5. The zero-order valence-electron chi connectivity index (χ0n) is 16.6. The molecule has 0 saturated carbocycles. The number of carbonyl (C=O) groups is 4. The molecule has 0 amide bonds. The van der Waals surface area contributed by atoms with E-state index in [-0.39, 0.29) is 14.0 Å². The molecule has 0 N–H and O–H groups in total. The lowest BCUT2D eigenvalue weighted by atomic mass is 10.3. The molecule has 0 heterocycles. The van der Waals surface area contributed by atoms with Crippen LogP contribution in [-0.2, 0) is 42.9 Å². The second kappa shape index (κ2) is 33.9. The lowest BCUT2D eigenvalue weighted by molar-refractivity contribution is -0.130. The van der Waals surface area contributed by atoms with Crippen LogP contribution in [0.5, 0.6) is 0 Å². The van der Waals surface area contributed by atoms with Gasteiger partial charge in [-0.25, -0.2) is 0 Å². The standard InChI is InChI=1S/C10H18O4.C9H16O5.CH4/c11-5-1-3-7-13-9-10-14-8-4-2-6-12;10-3-1-2-4-12-5-6-13-7-8-14-9-11;/h5-6H,1-4,7-10H2;3,9H,1-2,4-8H2;1H4. The number of hydrogen-bond donors (Lipinski definition) is 0. The Morgan fingerprint density at radius 1 is 0.448 bits per heavy atom. The fraction of sp³-hybridized carbons (Fsp3) is 0.800. The molecule has 0 aromatic rings. The molecule has 0 unspecified atom stereocenters. The predicted molar refractivity (Wildman–Crippen MR) is 108 cm³/mol. The number of unbranched alkanes of at least 4 members (excludes halogenated alkanes) is 3. The molecule has 0 atom stereocenters. The highest BCUT2D eigenvalue weighted by molar-refractivity contribution is 5.49. The summed E-state index contributed by atoms with van der Waals surface area (Å²) in [6.45, 7) is 4.92. The fourth-order valence-electron chi connectivity index (χ4n) is 1.61. The molecule has 0 aliphatic rings. The molecule has 9 nitrogen and oxygen atoms in total. The highest BCUT2D eigenvalue weighted by atomic mass is 16.6. The fourth-order valence-corrected chi connectivity index (χ4v) is 1.61. The minimum absolute atomic E-state index is 0. The van der Waals surface area contributed by atoms with Crippen molar-refractivity contribution in [2.24, 2.45) is 0 Å². The number of hydrogen-bond acceptors (Lipinski definition) is 9. The summed E-state index contributed by atoms with van der Waals surface area (Å²) in [5, 5.41) is 0. The van der Waals surface area contributed by atoms with Gasteiger partial charge in [0.2, 0.25) is 0 Å². The van der Waals surface area contributed by atoms with Crippen molar-refractivity contribution in [2.75, 3.05) is 59.5 Å². The van der Waals surface area contributed by atoms with Gasteiger partial charge in [-0.05, 0) is 19.3 Å². The first-order valence-electron chi connectivity index (χ1n) is 9.50. The predicted octanol–water partition coefficient (Wildman–Crippen LogP) is 1.79. The van der Waals surface area contributed by atoms with E-state index in [2.05, 4.69) is 4.74 Å². The smallest absolute Gasteiger partial charge is 0.293 e. The molecule has 0 bridgehead atoms. The highest BCUT2D eigenvalue weighted by Gasteiger charge is 1.91. The Kier molecular flexibility index (Phi) is 37.4. The van der Waals surface area contributed by atoms with Gasteiger partial charge in [0.25, 0.3) is 6.47 Å². The van der Waals surface area contributed by atoms with Gasteiger partial charge in [0.1, 0.15) is 25.5 Å². The maximum atomic E-state index is 9.93. The normalized spacial score (nSPS) is 9.52. The summed E-state index contributed by atoms with van der Waals surface area (Å²) in [6, 6.07) is 0. The van der Waals surface area contributed by atoms with Gasteiger partial charge < -0.3 is 38.1 Å². The molecule has 0 spiro atoms. The largest absolute Gasteiger partial charge is 0.465 e. The number of rotatable bonds is 22. The van der Waals surface area contributed by atoms with Gasteiger partial charge in [-0.2, -0.15) is 0 Å². The number of aldehydes is 3. The Balaban J connectivity index is -0.000000451. The maximum Gasteiger partial charge on any atom is 0.293 e. The van der Waals surface area contributed by atoms with E-state index in [9.17, 15) is 19.2 Å². The summed E-state index contributed by atoms with van der Waals surface area (Å²) in [5.41, 5.74) is 0. The Labute approximate surface area is 174 Å². The molecule has 172 valence electrons. The topological polar surface area (TPSA) is 114 Å². The van der Waals surface area contributed by atoms with Crippen molar-refractivity contribution >= 4 is 25.3 Å². The van der Waals surface area contributed by atoms with E-state index in [0.29, 0.717) is 78.6 Å². The van der Waals surface area contributed by atoms with Crippen LogP contribution in [0.15, 0.2) is 0 Å². The van der Waals surface area contributed by atoms with Crippen LogP contribution in [0.3, 0.4) is 0 Å². The third-order valence-corrected chi connectivity index (χ3v) is 2.99. The molecule has 0 aromatic heterocycles. The second-order valence-corrected chi connectivity index (χ2v) is 5.34. The molecule has 29 heavy (non-hydrogen) atoms. The van der Waals surface area contributed by atoms with Crippen molar-refractivity contribution < 1.29 is 42.9 Å². The summed E-state index contributed by atoms with van der Waals surface area (Å²) >= 11 is 0. The van der Waals surface area contributed by atoms with Gasteiger partial charge in [0, 0.05) is 39.1 Å². The van der Waals surface area contributed by atoms with E-state index in [0.717, 1.165) is 38.1 Å². The van der Waals surface area contributed by atoms with E-state index in [1.165, 1.54) is 0 Å². The molecular weight excluding hydrogens is 384 g/mol. The van der Waals surface area contributed by atoms with Crippen LogP contribution in [0.1, 0.15) is 46.0 Å². The first kappa shape index (κ1) is 32.0. The van der Waals surface area contributed by atoms with E-state index >= 15 is 0 Å². The summed E-state index contributed by atoms with van der Waals surface area (Å²) in [6.07, 6.45) is 6.59. The third-order valence-electron chi connectivity index (χ3n) is 2.99. The minimum Gasteiger partial charge on any atom is -0.465 e. The van der Waals surface area contributed by atoms with Crippen LogP contribution in [0.2, 0.25) is 0 Å². The highest BCUT2D eigenvalue weighted by Crippen LogP contribution is 1.89. The van der Waals surface area contributed by atoms with E-state index in [4.69, 9.17) is 18.9 Å². The molecule has 0 rings (SSSR count). The molecule has 0 fully saturated rings. The zero-order chi connectivity index (χ0) is 21.0. The first-order valence-corrected chi connectivity index (χ1v) is 9.50. The molecule has 0 radical (unpaired) electrons. The molecule has 0 aromatic carbocycles. The van der Waals surface area contributed by atoms with Crippen molar-refractivity contribution in [2.45, 2.75) is 46.0 Å². The van der Waals surface area contributed by atoms with Crippen LogP contribution >= 0.6 is 0 Å². The average molecular weight is 423 g/mol. The van der Waals surface area contributed by atoms with Crippen LogP contribution in [0, 0.1) is 0 Å². The van der Waals surface area contributed by atoms with Gasteiger partial charge in [0.05, 0.1) is 33.0 Å². The van der Waals surface area contributed by atoms with E-state index in [1.807, 2.05) is 0 Å². The Bertz CT molecular complexity index is 274. The van der Waals surface area contributed by atoms with Gasteiger partial charge in [0.15, 0.2) is 0 Å². The van der Waals surface area contributed by atoms with Crippen LogP contribution in [0.4, 0.5) is 0 Å². The second-order valence-electron chi connectivity index (χ2n) is 5.34. The molecule has 9 heteroatoms.